The number of benzene rings is 1. The second kappa shape index (κ2) is 7.44. The average molecular weight is 274 g/mol. The van der Waals surface area contributed by atoms with Crippen LogP contribution in [0.1, 0.15) is 48.5 Å². The van der Waals surface area contributed by atoms with E-state index < -0.39 is 0 Å². The maximum Gasteiger partial charge on any atom is 0.254 e. The highest BCUT2D eigenvalue weighted by Gasteiger charge is 2.33. The molecule has 1 amide bonds. The van der Waals surface area contributed by atoms with E-state index >= 15 is 0 Å². The minimum Gasteiger partial charge on any atom is -0.336 e. The zero-order valence-electron chi connectivity index (χ0n) is 12.7. The molecule has 1 aromatic rings. The summed E-state index contributed by atoms with van der Waals surface area (Å²) in [4.78, 5) is 14.9. The minimum absolute atomic E-state index is 0.229. The van der Waals surface area contributed by atoms with Crippen molar-refractivity contribution in [3.8, 4) is 0 Å². The Balaban J connectivity index is 2.13. The van der Waals surface area contributed by atoms with Gasteiger partial charge in [0.25, 0.3) is 5.91 Å². The summed E-state index contributed by atoms with van der Waals surface area (Å²) in [7, 11) is 1.95. The first-order valence-electron chi connectivity index (χ1n) is 7.81. The molecule has 1 aromatic carbocycles. The monoisotopic (exact) mass is 274 g/mol. The molecule has 3 nitrogen and oxygen atoms in total. The van der Waals surface area contributed by atoms with Gasteiger partial charge in [-0.1, -0.05) is 31.5 Å². The topological polar surface area (TPSA) is 32.3 Å². The Kier molecular flexibility index (Phi) is 5.60. The predicted octanol–water partition coefficient (Wildman–Crippen LogP) is 2.85. The molecule has 1 fully saturated rings. The number of rotatable bonds is 8. The van der Waals surface area contributed by atoms with Crippen LogP contribution in [-0.4, -0.2) is 37.0 Å². The van der Waals surface area contributed by atoms with Crippen molar-refractivity contribution in [2.24, 2.45) is 0 Å². The first kappa shape index (κ1) is 15.0. The molecule has 1 N–H and O–H groups in total. The second-order valence-electron chi connectivity index (χ2n) is 5.59. The van der Waals surface area contributed by atoms with Crippen LogP contribution in [0.25, 0.3) is 0 Å². The standard InChI is InChI=1S/C17H26N2O/c1-3-4-13-19(15-9-10-15)17(20)16-8-6-5-7-14(16)11-12-18-2/h5-8,15,18H,3-4,9-13H2,1-2H3. The van der Waals surface area contributed by atoms with Gasteiger partial charge in [0, 0.05) is 18.2 Å². The lowest BCUT2D eigenvalue weighted by atomic mass is 10.0. The molecular weight excluding hydrogens is 248 g/mol. The van der Waals surface area contributed by atoms with E-state index in [1.165, 1.54) is 12.8 Å². The third-order valence-electron chi connectivity index (χ3n) is 3.89. The van der Waals surface area contributed by atoms with E-state index in [0.29, 0.717) is 6.04 Å². The molecular formula is C17H26N2O. The third-order valence-corrected chi connectivity index (χ3v) is 3.89. The summed E-state index contributed by atoms with van der Waals surface area (Å²) in [6.45, 7) is 3.99. The van der Waals surface area contributed by atoms with Crippen molar-refractivity contribution in [1.82, 2.24) is 10.2 Å². The van der Waals surface area contributed by atoms with E-state index in [1.54, 1.807) is 0 Å². The number of hydrogen-bond donors (Lipinski definition) is 1. The van der Waals surface area contributed by atoms with Gasteiger partial charge in [0.2, 0.25) is 0 Å². The van der Waals surface area contributed by atoms with E-state index in [1.807, 2.05) is 25.2 Å². The molecule has 0 spiro atoms. The molecule has 0 atom stereocenters. The van der Waals surface area contributed by atoms with Crippen LogP contribution in [-0.2, 0) is 6.42 Å². The van der Waals surface area contributed by atoms with Gasteiger partial charge in [0.05, 0.1) is 0 Å². The molecule has 2 rings (SSSR count). The van der Waals surface area contributed by atoms with Gasteiger partial charge in [0.1, 0.15) is 0 Å². The SMILES string of the molecule is CCCCN(C(=O)c1ccccc1CCNC)C1CC1. The first-order valence-corrected chi connectivity index (χ1v) is 7.81. The Labute approximate surface area is 122 Å². The lowest BCUT2D eigenvalue weighted by Crippen LogP contribution is -2.34. The van der Waals surface area contributed by atoms with Crippen LogP contribution in [0.5, 0.6) is 0 Å². The van der Waals surface area contributed by atoms with E-state index in [0.717, 1.165) is 43.5 Å². The van der Waals surface area contributed by atoms with Gasteiger partial charge < -0.3 is 10.2 Å². The number of nitrogens with one attached hydrogen (secondary N) is 1. The van der Waals surface area contributed by atoms with Crippen LogP contribution in [0, 0.1) is 0 Å². The van der Waals surface area contributed by atoms with E-state index in [-0.39, 0.29) is 5.91 Å². The van der Waals surface area contributed by atoms with Gasteiger partial charge >= 0.3 is 0 Å². The molecule has 110 valence electrons. The first-order chi connectivity index (χ1) is 9.77. The number of likely N-dealkylation sites (N-methyl/N-ethyl adjacent to an activating group) is 1. The molecule has 1 saturated carbocycles. The van der Waals surface area contributed by atoms with Gasteiger partial charge in [-0.3, -0.25) is 4.79 Å². The Morgan fingerprint density at radius 1 is 1.35 bits per heavy atom. The van der Waals surface area contributed by atoms with Gasteiger partial charge in [0.15, 0.2) is 0 Å². The van der Waals surface area contributed by atoms with Crippen LogP contribution >= 0.6 is 0 Å². The summed E-state index contributed by atoms with van der Waals surface area (Å²) in [5.41, 5.74) is 2.06. The number of carbonyl (C=O) groups excluding carboxylic acids is 1. The molecule has 0 unspecified atom stereocenters. The van der Waals surface area contributed by atoms with Gasteiger partial charge in [-0.05, 0) is 50.9 Å². The summed E-state index contributed by atoms with van der Waals surface area (Å²) in [5, 5.41) is 3.16. The lowest BCUT2D eigenvalue weighted by Gasteiger charge is -2.23. The Morgan fingerprint density at radius 2 is 2.10 bits per heavy atom. The van der Waals surface area contributed by atoms with Crippen molar-refractivity contribution in [3.05, 3.63) is 35.4 Å². The fraction of sp³-hybridized carbons (Fsp3) is 0.588. The summed E-state index contributed by atoms with van der Waals surface area (Å²) in [6.07, 6.45) is 5.49. The number of carbonyl (C=O) groups is 1. The highest BCUT2D eigenvalue weighted by atomic mass is 16.2. The Morgan fingerprint density at radius 3 is 2.75 bits per heavy atom. The predicted molar refractivity (Wildman–Crippen MR) is 83.0 cm³/mol. The zero-order chi connectivity index (χ0) is 14.4. The van der Waals surface area contributed by atoms with Crippen molar-refractivity contribution in [3.63, 3.8) is 0 Å². The molecule has 1 aliphatic rings. The van der Waals surface area contributed by atoms with E-state index in [4.69, 9.17) is 0 Å². The number of amides is 1. The maximum atomic E-state index is 12.8. The van der Waals surface area contributed by atoms with Crippen LogP contribution in [0.15, 0.2) is 24.3 Å². The molecule has 0 saturated heterocycles. The molecule has 3 heteroatoms. The summed E-state index contributed by atoms with van der Waals surface area (Å²) >= 11 is 0. The van der Waals surface area contributed by atoms with Crippen LogP contribution in [0.2, 0.25) is 0 Å². The Hall–Kier alpha value is -1.35. The highest BCUT2D eigenvalue weighted by molar-refractivity contribution is 5.96. The van der Waals surface area contributed by atoms with Crippen LogP contribution in [0.4, 0.5) is 0 Å². The second-order valence-corrected chi connectivity index (χ2v) is 5.59. The summed E-state index contributed by atoms with van der Waals surface area (Å²) < 4.78 is 0. The molecule has 0 heterocycles. The Bertz CT molecular complexity index is 440. The largest absolute Gasteiger partial charge is 0.336 e. The fourth-order valence-corrected chi connectivity index (χ4v) is 2.53. The third kappa shape index (κ3) is 3.83. The number of hydrogen-bond acceptors (Lipinski definition) is 2. The van der Waals surface area contributed by atoms with Crippen molar-refractivity contribution in [2.45, 2.75) is 45.1 Å². The zero-order valence-corrected chi connectivity index (χ0v) is 12.7. The molecule has 1 aliphatic carbocycles. The van der Waals surface area contributed by atoms with Crippen molar-refractivity contribution in [1.29, 1.82) is 0 Å². The average Bonchev–Trinajstić information content (AvgIpc) is 3.30. The van der Waals surface area contributed by atoms with Gasteiger partial charge in [-0.25, -0.2) is 0 Å². The molecule has 20 heavy (non-hydrogen) atoms. The summed E-state index contributed by atoms with van der Waals surface area (Å²) in [6, 6.07) is 8.55. The molecule has 0 aromatic heterocycles. The lowest BCUT2D eigenvalue weighted by molar-refractivity contribution is 0.0739. The van der Waals surface area contributed by atoms with Crippen molar-refractivity contribution in [2.75, 3.05) is 20.1 Å². The van der Waals surface area contributed by atoms with Crippen LogP contribution in [0.3, 0.4) is 0 Å². The fourth-order valence-electron chi connectivity index (χ4n) is 2.53. The smallest absolute Gasteiger partial charge is 0.254 e. The van der Waals surface area contributed by atoms with E-state index in [2.05, 4.69) is 23.2 Å². The number of nitrogens with zero attached hydrogens (tertiary/aromatic N) is 1. The maximum absolute atomic E-state index is 12.8. The molecule has 0 aliphatic heterocycles. The van der Waals surface area contributed by atoms with E-state index in [9.17, 15) is 4.79 Å². The van der Waals surface area contributed by atoms with Crippen molar-refractivity contribution < 1.29 is 4.79 Å². The molecule has 0 bridgehead atoms. The minimum atomic E-state index is 0.229. The van der Waals surface area contributed by atoms with Gasteiger partial charge in [-0.2, -0.15) is 0 Å². The normalized spacial score (nSPS) is 14.3. The van der Waals surface area contributed by atoms with Gasteiger partial charge in [-0.15, -0.1) is 0 Å². The quantitative estimate of drug-likeness (QED) is 0.790. The highest BCUT2D eigenvalue weighted by Crippen LogP contribution is 2.29. The summed E-state index contributed by atoms with van der Waals surface area (Å²) in [5.74, 6) is 0.229. The van der Waals surface area contributed by atoms with Crippen molar-refractivity contribution >= 4 is 5.91 Å². The number of unbranched alkanes of at least 4 members (excludes halogenated alkanes) is 1. The molecule has 0 radical (unpaired) electrons. The van der Waals surface area contributed by atoms with Crippen LogP contribution < -0.4 is 5.32 Å².